The summed E-state index contributed by atoms with van der Waals surface area (Å²) in [5.74, 6) is 1.71. The Labute approximate surface area is 259 Å². The van der Waals surface area contributed by atoms with Crippen molar-refractivity contribution in [3.05, 3.63) is 90.4 Å². The Morgan fingerprint density at radius 1 is 0.977 bits per heavy atom. The van der Waals surface area contributed by atoms with Crippen LogP contribution in [0, 0.1) is 6.92 Å². The van der Waals surface area contributed by atoms with Crippen LogP contribution in [0.2, 0.25) is 0 Å². The zero-order valence-corrected chi connectivity index (χ0v) is 25.8. The van der Waals surface area contributed by atoms with Gasteiger partial charge in [-0.15, -0.1) is 0 Å². The molecule has 0 bridgehead atoms. The van der Waals surface area contributed by atoms with Gasteiger partial charge in [0, 0.05) is 36.7 Å². The molecule has 1 aliphatic heterocycles. The molecule has 1 saturated heterocycles. The van der Waals surface area contributed by atoms with E-state index < -0.39 is 6.03 Å². The molecular weight excluding hydrogens is 574 g/mol. The summed E-state index contributed by atoms with van der Waals surface area (Å²) in [6.07, 6.45) is 4.79. The van der Waals surface area contributed by atoms with Crippen molar-refractivity contribution in [1.82, 2.24) is 19.7 Å². The highest BCUT2D eigenvalue weighted by molar-refractivity contribution is 7.19. The third-order valence-corrected chi connectivity index (χ3v) is 8.29. The van der Waals surface area contributed by atoms with Crippen LogP contribution in [0.5, 0.6) is 11.6 Å². The molecule has 3 amide bonds. The molecule has 4 heterocycles. The molecule has 0 atom stereocenters. The first kappa shape index (κ1) is 29.1. The number of amides is 3. The summed E-state index contributed by atoms with van der Waals surface area (Å²) in [7, 11) is 0. The van der Waals surface area contributed by atoms with Crippen molar-refractivity contribution < 1.29 is 14.3 Å². The van der Waals surface area contributed by atoms with E-state index in [-0.39, 0.29) is 11.3 Å². The highest BCUT2D eigenvalue weighted by Crippen LogP contribution is 2.34. The normalized spacial score (nSPS) is 13.3. The SMILES string of the molecule is Cc1ccccc1-n1nc(C(C)(C)C)cc1NC(=O)Nc1ccc(Oc2ccc(-c3cnc(N4CCCC4=O)s3)cc2)nc1. The summed E-state index contributed by atoms with van der Waals surface area (Å²) in [4.78, 5) is 36.5. The van der Waals surface area contributed by atoms with Crippen molar-refractivity contribution in [3.63, 3.8) is 0 Å². The fourth-order valence-electron chi connectivity index (χ4n) is 4.80. The van der Waals surface area contributed by atoms with Gasteiger partial charge in [-0.25, -0.2) is 19.4 Å². The summed E-state index contributed by atoms with van der Waals surface area (Å²) >= 11 is 1.50. The van der Waals surface area contributed by atoms with Gasteiger partial charge in [-0.1, -0.05) is 50.3 Å². The second-order valence-electron chi connectivity index (χ2n) is 11.6. The van der Waals surface area contributed by atoms with Crippen molar-refractivity contribution in [1.29, 1.82) is 0 Å². The van der Waals surface area contributed by atoms with E-state index in [1.165, 1.54) is 11.3 Å². The third kappa shape index (κ3) is 6.32. The lowest BCUT2D eigenvalue weighted by Gasteiger charge is -2.14. The van der Waals surface area contributed by atoms with Crippen LogP contribution in [0.3, 0.4) is 0 Å². The molecule has 0 saturated carbocycles. The number of thiazole rings is 1. The number of rotatable bonds is 7. The molecule has 10 nitrogen and oxygen atoms in total. The molecule has 224 valence electrons. The number of benzene rings is 2. The topological polar surface area (TPSA) is 114 Å². The highest BCUT2D eigenvalue weighted by atomic mass is 32.1. The molecule has 11 heteroatoms. The molecule has 2 aromatic carbocycles. The Balaban J connectivity index is 1.09. The lowest BCUT2D eigenvalue weighted by Crippen LogP contribution is -2.23. The van der Waals surface area contributed by atoms with Crippen molar-refractivity contribution in [2.45, 2.75) is 46.0 Å². The number of hydrogen-bond donors (Lipinski definition) is 2. The first-order valence-corrected chi connectivity index (χ1v) is 15.2. The zero-order chi connectivity index (χ0) is 30.8. The first-order chi connectivity index (χ1) is 21.1. The van der Waals surface area contributed by atoms with Crippen LogP contribution in [-0.2, 0) is 10.2 Å². The maximum atomic E-state index is 13.0. The third-order valence-electron chi connectivity index (χ3n) is 7.22. The van der Waals surface area contributed by atoms with Crippen molar-refractivity contribution in [2.75, 3.05) is 22.1 Å². The van der Waals surface area contributed by atoms with E-state index in [9.17, 15) is 9.59 Å². The van der Waals surface area contributed by atoms with Crippen molar-refractivity contribution in [2.24, 2.45) is 0 Å². The first-order valence-electron chi connectivity index (χ1n) is 14.4. The summed E-state index contributed by atoms with van der Waals surface area (Å²) in [5.41, 5.74) is 4.11. The number of aromatic nitrogens is 4. The second-order valence-corrected chi connectivity index (χ2v) is 12.6. The molecule has 0 radical (unpaired) electrons. The lowest BCUT2D eigenvalue weighted by atomic mass is 9.92. The van der Waals surface area contributed by atoms with E-state index in [2.05, 4.69) is 41.4 Å². The lowest BCUT2D eigenvalue weighted by molar-refractivity contribution is -0.117. The summed E-state index contributed by atoms with van der Waals surface area (Å²) in [6, 6.07) is 20.4. The van der Waals surface area contributed by atoms with Gasteiger partial charge in [0.05, 0.1) is 28.1 Å². The van der Waals surface area contributed by atoms with Crippen LogP contribution in [0.15, 0.2) is 79.1 Å². The van der Waals surface area contributed by atoms with Gasteiger partial charge in [0.15, 0.2) is 5.13 Å². The van der Waals surface area contributed by atoms with Gasteiger partial charge in [0.25, 0.3) is 0 Å². The van der Waals surface area contributed by atoms with E-state index in [1.54, 1.807) is 34.1 Å². The minimum absolute atomic E-state index is 0.129. The Kier molecular flexibility index (Phi) is 7.88. The predicted molar refractivity (Wildman–Crippen MR) is 173 cm³/mol. The fraction of sp³-hybridized carbons (Fsp3) is 0.242. The van der Waals surface area contributed by atoms with Gasteiger partial charge >= 0.3 is 6.03 Å². The molecule has 6 rings (SSSR count). The Morgan fingerprint density at radius 3 is 2.45 bits per heavy atom. The summed E-state index contributed by atoms with van der Waals surface area (Å²) in [5, 5.41) is 11.3. The number of nitrogens with zero attached hydrogens (tertiary/aromatic N) is 5. The quantitative estimate of drug-likeness (QED) is 0.197. The molecule has 1 aliphatic rings. The molecule has 5 aromatic rings. The van der Waals surface area contributed by atoms with E-state index in [0.29, 0.717) is 29.6 Å². The van der Waals surface area contributed by atoms with Crippen LogP contribution < -0.4 is 20.3 Å². The molecule has 0 spiro atoms. The van der Waals surface area contributed by atoms with Crippen LogP contribution in [-0.4, -0.2) is 38.2 Å². The molecule has 3 aromatic heterocycles. The number of pyridine rings is 1. The smallest absolute Gasteiger partial charge is 0.324 e. The average molecular weight is 608 g/mol. The number of urea groups is 1. The van der Waals surface area contributed by atoms with Gasteiger partial charge in [0.2, 0.25) is 11.8 Å². The van der Waals surface area contributed by atoms with Crippen LogP contribution in [0.25, 0.3) is 16.1 Å². The van der Waals surface area contributed by atoms with Crippen LogP contribution in [0.4, 0.5) is 21.4 Å². The van der Waals surface area contributed by atoms with Gasteiger partial charge < -0.3 is 10.1 Å². The molecule has 2 N–H and O–H groups in total. The fourth-order valence-corrected chi connectivity index (χ4v) is 5.76. The summed E-state index contributed by atoms with van der Waals surface area (Å²) < 4.78 is 7.68. The molecule has 0 unspecified atom stereocenters. The maximum Gasteiger partial charge on any atom is 0.324 e. The van der Waals surface area contributed by atoms with Crippen LogP contribution >= 0.6 is 11.3 Å². The number of para-hydroxylation sites is 1. The van der Waals surface area contributed by atoms with Gasteiger partial charge in [-0.3, -0.25) is 15.0 Å². The zero-order valence-electron chi connectivity index (χ0n) is 25.0. The summed E-state index contributed by atoms with van der Waals surface area (Å²) in [6.45, 7) is 8.99. The monoisotopic (exact) mass is 607 g/mol. The molecular formula is C33H33N7O3S. The van der Waals surface area contributed by atoms with E-state index >= 15 is 0 Å². The largest absolute Gasteiger partial charge is 0.439 e. The number of carbonyl (C=O) groups excluding carboxylic acids is 2. The number of ether oxygens (including phenoxy) is 1. The van der Waals surface area contributed by atoms with Crippen molar-refractivity contribution in [3.8, 4) is 27.8 Å². The van der Waals surface area contributed by atoms with E-state index in [0.717, 1.165) is 45.5 Å². The number of hydrogen-bond acceptors (Lipinski definition) is 7. The standard InChI is InChI=1S/C33H33N7O3S/c1-21-8-5-6-9-25(21)40-28(18-27(38-40)33(2,3)4)37-31(42)36-23-13-16-29(34-19-23)43-24-14-11-22(12-15-24)26-20-35-32(44-26)39-17-7-10-30(39)41/h5-6,8-9,11-16,18-20H,7,10,17H2,1-4H3,(H2,36,37,42). The van der Waals surface area contributed by atoms with E-state index in [4.69, 9.17) is 9.84 Å². The van der Waals surface area contributed by atoms with Gasteiger partial charge in [0.1, 0.15) is 11.6 Å². The number of carbonyl (C=O) groups is 2. The van der Waals surface area contributed by atoms with Crippen LogP contribution in [0.1, 0.15) is 44.9 Å². The van der Waals surface area contributed by atoms with Crippen molar-refractivity contribution >= 4 is 39.9 Å². The van der Waals surface area contributed by atoms with E-state index in [1.807, 2.05) is 61.5 Å². The minimum Gasteiger partial charge on any atom is -0.439 e. The average Bonchev–Trinajstić information content (AvgIpc) is 3.75. The minimum atomic E-state index is -0.411. The molecule has 44 heavy (non-hydrogen) atoms. The Hall–Kier alpha value is -5.03. The highest BCUT2D eigenvalue weighted by Gasteiger charge is 2.25. The molecule has 0 aliphatic carbocycles. The predicted octanol–water partition coefficient (Wildman–Crippen LogP) is 7.56. The molecule has 1 fully saturated rings. The number of nitrogens with one attached hydrogen (secondary N) is 2. The maximum absolute atomic E-state index is 13.0. The second kappa shape index (κ2) is 11.9. The Bertz CT molecular complexity index is 1800. The Morgan fingerprint density at radius 2 is 1.77 bits per heavy atom. The number of anilines is 3. The van der Waals surface area contributed by atoms with Gasteiger partial charge in [-0.05, 0) is 60.9 Å². The number of aryl methyl sites for hydroxylation is 1. The van der Waals surface area contributed by atoms with Gasteiger partial charge in [-0.2, -0.15) is 5.10 Å².